The van der Waals surface area contributed by atoms with Crippen molar-refractivity contribution < 1.29 is 14.7 Å². The Bertz CT molecular complexity index is 972. The van der Waals surface area contributed by atoms with E-state index in [1.807, 2.05) is 0 Å². The third-order valence-corrected chi connectivity index (χ3v) is 6.39. The van der Waals surface area contributed by atoms with E-state index in [9.17, 15) is 14.7 Å². The van der Waals surface area contributed by atoms with Crippen molar-refractivity contribution in [1.82, 2.24) is 0 Å². The molecule has 0 spiro atoms. The first-order chi connectivity index (χ1) is 14.7. The zero-order valence-corrected chi connectivity index (χ0v) is 17.0. The number of hydrogen-bond donors (Lipinski definition) is 0. The first-order valence-corrected chi connectivity index (χ1v) is 10.6. The second kappa shape index (κ2) is 10.8. The molecule has 4 aromatic carbocycles. The average molecular weight is 413 g/mol. The van der Waals surface area contributed by atoms with E-state index in [4.69, 9.17) is 0 Å². The lowest BCUT2D eigenvalue weighted by atomic mass is 10.1. The van der Waals surface area contributed by atoms with Crippen molar-refractivity contribution >= 4 is 22.6 Å². The fourth-order valence-electron chi connectivity index (χ4n) is 2.79. The van der Waals surface area contributed by atoms with E-state index < -0.39 is 11.8 Å². The molecule has 4 rings (SSSR count). The predicted molar refractivity (Wildman–Crippen MR) is 117 cm³/mol. The van der Waals surface area contributed by atoms with Crippen molar-refractivity contribution in [3.63, 3.8) is 0 Å². The molecule has 0 atom stereocenters. The summed E-state index contributed by atoms with van der Waals surface area (Å²) < 4.78 is 0. The molecule has 0 heterocycles. The van der Waals surface area contributed by atoms with Gasteiger partial charge in [0.05, 0.1) is 10.9 Å². The standard InChI is InChI=1S/C18H15S.C8H6O3/c1-4-10-16(11-5-1)19(17-12-6-2-7-13-17)18-14-8-3-9-15-18;9-7(8(10)11)6-4-2-1-3-5-6/h1-15H;1-5H,(H,10,11)/q+1;/p-1. The maximum atomic E-state index is 10.7. The number of aliphatic carboxylic acids is 1. The quantitative estimate of drug-likeness (QED) is 0.277. The highest BCUT2D eigenvalue weighted by Crippen LogP contribution is 2.30. The SMILES string of the molecule is O=C([O-])C(=O)c1ccccc1.c1ccc([S+](c2ccccc2)c2ccccc2)cc1. The van der Waals surface area contributed by atoms with Crippen molar-refractivity contribution in [3.05, 3.63) is 127 Å². The number of Topliss-reactive ketones (excluding diaryl/α,β-unsaturated/α-hetero) is 1. The van der Waals surface area contributed by atoms with Crippen molar-refractivity contribution in [2.75, 3.05) is 0 Å². The van der Waals surface area contributed by atoms with Crippen molar-refractivity contribution in [3.8, 4) is 0 Å². The largest absolute Gasteiger partial charge is 0.541 e. The number of carbonyl (C=O) groups excluding carboxylic acids is 2. The fourth-order valence-corrected chi connectivity index (χ4v) is 4.89. The van der Waals surface area contributed by atoms with Crippen LogP contribution in [0.5, 0.6) is 0 Å². The topological polar surface area (TPSA) is 57.2 Å². The second-order valence-corrected chi connectivity index (χ2v) is 8.25. The van der Waals surface area contributed by atoms with Gasteiger partial charge in [-0.3, -0.25) is 4.79 Å². The third kappa shape index (κ3) is 5.69. The summed E-state index contributed by atoms with van der Waals surface area (Å²) in [6.07, 6.45) is 0. The third-order valence-electron chi connectivity index (χ3n) is 4.16. The van der Waals surface area contributed by atoms with E-state index in [-0.39, 0.29) is 16.5 Å². The summed E-state index contributed by atoms with van der Waals surface area (Å²) in [7, 11) is -0.0146. The molecule has 148 valence electrons. The molecular formula is C26H20O3S. The molecule has 0 aliphatic carbocycles. The fraction of sp³-hybridized carbons (Fsp3) is 0. The maximum Gasteiger partial charge on any atom is 0.208 e. The van der Waals surface area contributed by atoms with Gasteiger partial charge in [0.2, 0.25) is 5.78 Å². The van der Waals surface area contributed by atoms with Crippen molar-refractivity contribution in [2.24, 2.45) is 0 Å². The van der Waals surface area contributed by atoms with Gasteiger partial charge in [0.1, 0.15) is 5.97 Å². The van der Waals surface area contributed by atoms with Gasteiger partial charge in [-0.2, -0.15) is 0 Å². The minimum Gasteiger partial charge on any atom is -0.541 e. The van der Waals surface area contributed by atoms with E-state index in [1.165, 1.54) is 26.8 Å². The first kappa shape index (κ1) is 21.1. The van der Waals surface area contributed by atoms with Crippen LogP contribution in [0.15, 0.2) is 136 Å². The number of ketones is 1. The molecule has 0 unspecified atom stereocenters. The molecular weight excluding hydrogens is 392 g/mol. The molecule has 0 radical (unpaired) electrons. The first-order valence-electron chi connectivity index (χ1n) is 9.37. The molecule has 0 saturated heterocycles. The molecule has 0 N–H and O–H groups in total. The van der Waals surface area contributed by atoms with E-state index in [2.05, 4.69) is 91.0 Å². The summed E-state index contributed by atoms with van der Waals surface area (Å²) >= 11 is 0. The highest BCUT2D eigenvalue weighted by molar-refractivity contribution is 7.97. The lowest BCUT2D eigenvalue weighted by Gasteiger charge is -2.07. The van der Waals surface area contributed by atoms with Crippen molar-refractivity contribution in [2.45, 2.75) is 14.7 Å². The number of carbonyl (C=O) groups is 2. The van der Waals surface area contributed by atoms with Crippen LogP contribution in [0.4, 0.5) is 0 Å². The van der Waals surface area contributed by atoms with Gasteiger partial charge in [-0.15, -0.1) is 0 Å². The number of benzene rings is 4. The Kier molecular flexibility index (Phi) is 7.58. The Morgan fingerprint density at radius 3 is 1.10 bits per heavy atom. The Hall–Kier alpha value is -3.63. The van der Waals surface area contributed by atoms with Crippen LogP contribution >= 0.6 is 0 Å². The molecule has 0 saturated carbocycles. The van der Waals surface area contributed by atoms with E-state index in [0.29, 0.717) is 0 Å². The predicted octanol–water partition coefficient (Wildman–Crippen LogP) is 4.40. The van der Waals surface area contributed by atoms with Gasteiger partial charge in [0.25, 0.3) is 0 Å². The van der Waals surface area contributed by atoms with E-state index >= 15 is 0 Å². The molecule has 0 aromatic heterocycles. The highest BCUT2D eigenvalue weighted by Gasteiger charge is 2.27. The zero-order chi connectivity index (χ0) is 21.2. The van der Waals surface area contributed by atoms with Crippen LogP contribution in [-0.2, 0) is 15.7 Å². The number of rotatable bonds is 5. The molecule has 30 heavy (non-hydrogen) atoms. The number of hydrogen-bond acceptors (Lipinski definition) is 3. The van der Waals surface area contributed by atoms with Gasteiger partial charge < -0.3 is 9.90 Å². The molecule has 4 heteroatoms. The lowest BCUT2D eigenvalue weighted by Crippen LogP contribution is -2.31. The molecule has 4 aromatic rings. The normalized spacial score (nSPS) is 10.0. The summed E-state index contributed by atoms with van der Waals surface area (Å²) in [4.78, 5) is 24.8. The Labute approximate surface area is 179 Å². The molecule has 0 aliphatic heterocycles. The smallest absolute Gasteiger partial charge is 0.208 e. The van der Waals surface area contributed by atoms with Crippen LogP contribution in [0.3, 0.4) is 0 Å². The van der Waals surface area contributed by atoms with Gasteiger partial charge in [0, 0.05) is 5.56 Å². The van der Waals surface area contributed by atoms with Gasteiger partial charge >= 0.3 is 0 Å². The highest BCUT2D eigenvalue weighted by atomic mass is 32.2. The van der Waals surface area contributed by atoms with Crippen LogP contribution in [0.2, 0.25) is 0 Å². The molecule has 0 aliphatic rings. The van der Waals surface area contributed by atoms with Crippen LogP contribution in [-0.4, -0.2) is 11.8 Å². The minimum absolute atomic E-state index is 0.0146. The van der Waals surface area contributed by atoms with E-state index in [1.54, 1.807) is 18.2 Å². The van der Waals surface area contributed by atoms with Crippen LogP contribution < -0.4 is 5.11 Å². The molecule has 3 nitrogen and oxygen atoms in total. The molecule has 0 bridgehead atoms. The summed E-state index contributed by atoms with van der Waals surface area (Å²) in [5.74, 6) is -2.65. The number of carboxylic acids is 1. The van der Waals surface area contributed by atoms with Crippen LogP contribution in [0.1, 0.15) is 10.4 Å². The van der Waals surface area contributed by atoms with Crippen LogP contribution in [0, 0.1) is 0 Å². The van der Waals surface area contributed by atoms with E-state index in [0.717, 1.165) is 0 Å². The Balaban J connectivity index is 0.000000199. The van der Waals surface area contributed by atoms with Crippen LogP contribution in [0.25, 0.3) is 0 Å². The summed E-state index contributed by atoms with van der Waals surface area (Å²) in [5.41, 5.74) is 0.146. The van der Waals surface area contributed by atoms with Gasteiger partial charge in [0.15, 0.2) is 14.7 Å². The Morgan fingerprint density at radius 2 is 0.800 bits per heavy atom. The monoisotopic (exact) mass is 412 g/mol. The minimum atomic E-state index is -1.67. The average Bonchev–Trinajstić information content (AvgIpc) is 2.82. The Morgan fingerprint density at radius 1 is 0.500 bits per heavy atom. The summed E-state index contributed by atoms with van der Waals surface area (Å²) in [6.45, 7) is 0. The maximum absolute atomic E-state index is 10.7. The second-order valence-electron chi connectivity index (χ2n) is 6.23. The molecule has 0 amide bonds. The lowest BCUT2D eigenvalue weighted by molar-refractivity contribution is -0.296. The zero-order valence-electron chi connectivity index (χ0n) is 16.2. The van der Waals surface area contributed by atoms with Gasteiger partial charge in [-0.1, -0.05) is 84.9 Å². The van der Waals surface area contributed by atoms with Gasteiger partial charge in [-0.05, 0) is 36.4 Å². The summed E-state index contributed by atoms with van der Waals surface area (Å²) in [5, 5.41) is 10.0. The van der Waals surface area contributed by atoms with Gasteiger partial charge in [-0.25, -0.2) is 0 Å². The molecule has 0 fully saturated rings. The van der Waals surface area contributed by atoms with Crippen molar-refractivity contribution in [1.29, 1.82) is 0 Å². The summed E-state index contributed by atoms with van der Waals surface area (Å²) in [6, 6.07) is 39.9. The number of carboxylic acid groups (broad SMARTS) is 1.